The molecule has 22 N–H and O–H groups in total. The molecule has 135 heavy (non-hydrogen) atoms. The minimum absolute atomic E-state index is 0.00191. The van der Waals surface area contributed by atoms with Crippen LogP contribution < -0.4 is 70.4 Å². The lowest BCUT2D eigenvalue weighted by Crippen LogP contribution is -2.62. The summed E-state index contributed by atoms with van der Waals surface area (Å²) < 4.78 is 0. The van der Waals surface area contributed by atoms with Gasteiger partial charge in [-0.15, -0.1) is 11.8 Å². The van der Waals surface area contributed by atoms with E-state index in [4.69, 9.17) is 17.2 Å². The number of benzene rings is 3. The van der Waals surface area contributed by atoms with Crippen molar-refractivity contribution in [2.24, 2.45) is 23.1 Å². The molecule has 3 aromatic heterocycles. The van der Waals surface area contributed by atoms with Gasteiger partial charge >= 0.3 is 0 Å². The van der Waals surface area contributed by atoms with E-state index in [1.54, 1.807) is 74.8 Å². The first kappa shape index (κ1) is 104. The zero-order chi connectivity index (χ0) is 97.9. The number of thioether (sulfide) groups is 1. The third-order valence-corrected chi connectivity index (χ3v) is 25.8. The van der Waals surface area contributed by atoms with Crippen LogP contribution in [0, 0.1) is 5.92 Å². The molecule has 0 spiro atoms. The highest BCUT2D eigenvalue weighted by Crippen LogP contribution is 2.29. The molecule has 15 atom stereocenters. The lowest BCUT2D eigenvalue weighted by Gasteiger charge is -2.38. The Bertz CT molecular complexity index is 5190. The summed E-state index contributed by atoms with van der Waals surface area (Å²) in [5.41, 5.74) is 20.3. The van der Waals surface area contributed by atoms with E-state index >= 15 is 47.9 Å². The number of aromatic amines is 3. The second kappa shape index (κ2) is 49.8. The van der Waals surface area contributed by atoms with Gasteiger partial charge in [0.2, 0.25) is 100 Å². The van der Waals surface area contributed by atoms with Crippen LogP contribution in [-0.2, 0) is 107 Å². The van der Waals surface area contributed by atoms with Crippen molar-refractivity contribution < 1.29 is 96.8 Å². The van der Waals surface area contributed by atoms with Gasteiger partial charge in [0.25, 0.3) is 0 Å². The van der Waals surface area contributed by atoms with Gasteiger partial charge in [-0.2, -0.15) is 0 Å². The summed E-state index contributed by atoms with van der Waals surface area (Å²) in [7, 11) is 2.72. The number of H-pyrrole nitrogens is 3. The minimum atomic E-state index is -1.88. The molecule has 10 rings (SSSR count). The molecule has 0 aliphatic carbocycles. The number of aliphatic hydroxyl groups excluding tert-OH is 2. The Kier molecular flexibility index (Phi) is 38.4. The van der Waals surface area contributed by atoms with Gasteiger partial charge in [-0.3, -0.25) is 81.5 Å². The summed E-state index contributed by atoms with van der Waals surface area (Å²) >= 11 is 0.802. The van der Waals surface area contributed by atoms with Gasteiger partial charge in [-0.1, -0.05) is 102 Å². The van der Waals surface area contributed by atoms with Crippen LogP contribution in [-0.4, -0.2) is 316 Å². The largest absolute Gasteiger partial charge is 0.508 e. The maximum atomic E-state index is 15.7. The number of phenolic OH excluding ortho intramolecular Hbond substituents is 1. The van der Waals surface area contributed by atoms with Crippen LogP contribution in [0.25, 0.3) is 21.8 Å². The van der Waals surface area contributed by atoms with E-state index in [1.165, 1.54) is 60.7 Å². The lowest BCUT2D eigenvalue weighted by molar-refractivity contribution is -0.149. The molecule has 6 aromatic rings. The molecular weight excluding hydrogens is 1770 g/mol. The molecule has 4 fully saturated rings. The van der Waals surface area contributed by atoms with Crippen LogP contribution in [0.15, 0.2) is 97.7 Å². The highest BCUT2D eigenvalue weighted by atomic mass is 32.2. The number of unbranched alkanes of at least 4 members (excludes halogenated alkanes) is 2. The summed E-state index contributed by atoms with van der Waals surface area (Å²) in [4.78, 5) is 271. The molecule has 17 amide bonds. The molecule has 4 aliphatic rings. The van der Waals surface area contributed by atoms with Crippen LogP contribution in [0.3, 0.4) is 0 Å². The number of imidazole rings is 1. The van der Waals surface area contributed by atoms with E-state index in [9.17, 15) is 48.9 Å². The quantitative estimate of drug-likeness (QED) is 0.0297. The standard InChI is InChI=1S/C92H128N22O20S/c1-7-9-24-71-84(126)102-62(23-17-32-93)80(122)109-70(79(121)99-45-77(95)119)48-135-49-78(120)101-66(36-52-28-30-56(116)31-29-52)89(131)112-33-16-15-26-72(112)86(128)107-68(41-76(94)118)90(132)113-34-18-27-73(113)85(127)104-64(39-55-44-96-50-100-55)82(124)105-65(35-51(3)4)91(133)114-46-57(117)40-75(114)87(129)103-63(37-53-42-97-60-21-13-11-19-58(53)60)81(123)108-69(47-115)83(125)106-67(38-54-43-98-61-22-14-12-20-59(54)61)88(130)111(6)74(25-10-8-2)92(134)110(71)5/h11-14,19-22,28-31,42-44,50-51,57,62-75,97-98,115-117H,7-10,15-18,23-27,32-41,45-49,93H2,1-6H3,(H2,94,118)(H2,95,119)(H,96,100)(H,99,121)(H,101,120)(H,102,126)(H,103,129)(H,104,127)(H,105,124)(H,106,125)(H,107,128)(H,108,123)(H,109,122)/t57-,62+,63+,64+,65+,66+,67+,68+,69+,70+,71+,72+,73+,74+,75+/m1/s1. The molecule has 0 bridgehead atoms. The van der Waals surface area contributed by atoms with Gasteiger partial charge in [0.05, 0.1) is 37.8 Å². The SMILES string of the molecule is CCCC[C@H]1C(=O)N(C)[C@@H](CCCC)C(=O)N[C@@H](CCCN)C(=O)N[C@H](C(=O)NCC(N)=O)CSCC(=O)N[C@@H](Cc2ccc(O)cc2)C(=O)N2CCCC[C@H]2C(=O)N[C@@H](CC(N)=O)C(=O)N2CCC[C@H]2C(=O)N[C@@H](Cc2cnc[nH]2)C(=O)N[C@@H](CC(C)C)C(=O)N2C[C@H](O)C[C@H]2C(=O)N[C@@H](Cc2c[nH]c3ccccc23)C(=O)N[C@@H](CO)C(=O)N[C@@H](Cc2c[nH]c3ccccc23)C(=O)N1C. The molecule has 732 valence electrons. The number of fused-ring (bicyclic) bond motifs is 5. The fourth-order valence-electron chi connectivity index (χ4n) is 17.6. The Hall–Kier alpha value is -13.0. The molecule has 42 nitrogen and oxygen atoms in total. The number of aromatic hydroxyl groups is 1. The van der Waals surface area contributed by atoms with Gasteiger partial charge in [0, 0.05) is 118 Å². The predicted octanol–water partition coefficient (Wildman–Crippen LogP) is -1.92. The number of likely N-dealkylation sites (N-methyl/N-ethyl adjacent to an activating group) is 2. The highest BCUT2D eigenvalue weighted by Gasteiger charge is 2.47. The smallest absolute Gasteiger partial charge is 0.246 e. The summed E-state index contributed by atoms with van der Waals surface area (Å²) in [5, 5.41) is 61.1. The molecule has 4 aliphatic heterocycles. The van der Waals surface area contributed by atoms with Crippen LogP contribution in [0.5, 0.6) is 5.75 Å². The van der Waals surface area contributed by atoms with Crippen molar-refractivity contribution in [2.75, 3.05) is 64.9 Å². The molecule has 0 saturated carbocycles. The van der Waals surface area contributed by atoms with E-state index in [2.05, 4.69) is 73.1 Å². The minimum Gasteiger partial charge on any atom is -0.508 e. The van der Waals surface area contributed by atoms with Crippen LogP contribution in [0.2, 0.25) is 0 Å². The second-order valence-corrected chi connectivity index (χ2v) is 36.4. The first-order valence-corrected chi connectivity index (χ1v) is 47.2. The summed E-state index contributed by atoms with van der Waals surface area (Å²) in [6.45, 7) is 4.81. The molecular formula is C92H128N22O20S. The Morgan fingerprint density at radius 2 is 1.04 bits per heavy atom. The number of primary amides is 2. The fourth-order valence-corrected chi connectivity index (χ4v) is 18.5. The lowest BCUT2D eigenvalue weighted by atomic mass is 9.97. The number of rotatable bonds is 25. The Labute approximate surface area is 785 Å². The molecule has 0 unspecified atom stereocenters. The third-order valence-electron chi connectivity index (χ3n) is 24.8. The first-order chi connectivity index (χ1) is 64.6. The van der Waals surface area contributed by atoms with Crippen LogP contribution in [0.4, 0.5) is 0 Å². The van der Waals surface area contributed by atoms with E-state index in [0.717, 1.165) is 26.5 Å². The van der Waals surface area contributed by atoms with Crippen molar-refractivity contribution in [3.05, 3.63) is 120 Å². The third kappa shape index (κ3) is 28.3. The number of hydrogen-bond donors (Lipinski definition) is 19. The van der Waals surface area contributed by atoms with Crippen molar-refractivity contribution in [1.29, 1.82) is 0 Å². The van der Waals surface area contributed by atoms with Crippen molar-refractivity contribution in [1.82, 2.24) is 97.6 Å². The van der Waals surface area contributed by atoms with Gasteiger partial charge in [-0.05, 0) is 118 Å². The van der Waals surface area contributed by atoms with Crippen LogP contribution in [0.1, 0.15) is 153 Å². The number of nitrogens with one attached hydrogen (secondary N) is 13. The number of phenols is 1. The van der Waals surface area contributed by atoms with Crippen molar-refractivity contribution in [3.63, 3.8) is 0 Å². The molecule has 43 heteroatoms. The average Bonchev–Trinajstić information content (AvgIpc) is 1.43. The number of nitrogens with two attached hydrogens (primary N) is 3. The van der Waals surface area contributed by atoms with Crippen molar-refractivity contribution >= 4 is 134 Å². The number of piperidine rings is 1. The van der Waals surface area contributed by atoms with Gasteiger partial charge < -0.3 is 125 Å². The van der Waals surface area contributed by atoms with E-state index in [1.807, 2.05) is 13.8 Å². The van der Waals surface area contributed by atoms with Crippen LogP contribution >= 0.6 is 11.8 Å². The molecule has 3 aromatic carbocycles. The number of carbonyl (C=O) groups is 17. The van der Waals surface area contributed by atoms with E-state index < -0.39 is 229 Å². The number of aliphatic hydroxyl groups is 2. The first-order valence-electron chi connectivity index (χ1n) is 46.0. The molecule has 4 saturated heterocycles. The second-order valence-electron chi connectivity index (χ2n) is 35.3. The highest BCUT2D eigenvalue weighted by molar-refractivity contribution is 8.00. The van der Waals surface area contributed by atoms with Crippen molar-refractivity contribution in [2.45, 2.75) is 247 Å². The van der Waals surface area contributed by atoms with Gasteiger partial charge in [-0.25, -0.2) is 4.98 Å². The zero-order valence-corrected chi connectivity index (χ0v) is 77.7. The molecule has 7 heterocycles. The van der Waals surface area contributed by atoms with Gasteiger partial charge in [0.15, 0.2) is 0 Å². The van der Waals surface area contributed by atoms with E-state index in [-0.39, 0.29) is 115 Å². The normalized spacial score (nSPS) is 25.3. The monoisotopic (exact) mass is 1890 g/mol. The topological polar surface area (TPSA) is 626 Å². The Morgan fingerprint density at radius 1 is 0.526 bits per heavy atom. The summed E-state index contributed by atoms with van der Waals surface area (Å²) in [5.74, 6) is -16.9. The van der Waals surface area contributed by atoms with Crippen molar-refractivity contribution in [3.8, 4) is 5.75 Å². The Balaban J connectivity index is 1.02. The van der Waals surface area contributed by atoms with E-state index in [0.29, 0.717) is 82.7 Å². The van der Waals surface area contributed by atoms with Gasteiger partial charge in [0.1, 0.15) is 90.3 Å². The number of carbonyl (C=O) groups excluding carboxylic acids is 17. The number of aromatic nitrogens is 4. The maximum Gasteiger partial charge on any atom is 0.246 e. The summed E-state index contributed by atoms with van der Waals surface area (Å²) in [6.07, 6.45) is 4.93. The average molecular weight is 1890 g/mol. The fraction of sp³-hybridized carbons (Fsp3) is 0.543. The zero-order valence-electron chi connectivity index (χ0n) is 76.9. The predicted molar refractivity (Wildman–Crippen MR) is 496 cm³/mol. The number of amides is 17. The number of nitrogens with zero attached hydrogens (tertiary/aromatic N) is 6. The number of hydrogen-bond acceptors (Lipinski definition) is 23. The Morgan fingerprint density at radius 3 is 1.64 bits per heavy atom. The molecule has 0 radical (unpaired) electrons. The number of para-hydroxylation sites is 2. The summed E-state index contributed by atoms with van der Waals surface area (Å²) in [6, 6.07) is -1.52. The maximum absolute atomic E-state index is 15.7.